The zero-order valence-corrected chi connectivity index (χ0v) is 12.1. The van der Waals surface area contributed by atoms with Crippen LogP contribution in [0.3, 0.4) is 0 Å². The van der Waals surface area contributed by atoms with Crippen LogP contribution in [0.2, 0.25) is 0 Å². The van der Waals surface area contributed by atoms with E-state index in [1.54, 1.807) is 14.2 Å². The van der Waals surface area contributed by atoms with Gasteiger partial charge in [0, 0.05) is 5.39 Å². The molecule has 20 heavy (non-hydrogen) atoms. The zero-order chi connectivity index (χ0) is 14.7. The van der Waals surface area contributed by atoms with Crippen molar-refractivity contribution in [3.63, 3.8) is 0 Å². The lowest BCUT2D eigenvalue weighted by atomic mass is 9.97. The number of esters is 1. The topological polar surface area (TPSA) is 44.8 Å². The molecule has 0 aliphatic rings. The molecule has 0 aliphatic heterocycles. The van der Waals surface area contributed by atoms with Crippen LogP contribution in [-0.2, 0) is 9.53 Å². The van der Waals surface area contributed by atoms with E-state index in [0.29, 0.717) is 11.5 Å². The van der Waals surface area contributed by atoms with Crippen molar-refractivity contribution < 1.29 is 19.0 Å². The minimum atomic E-state index is -0.294. The van der Waals surface area contributed by atoms with Crippen molar-refractivity contribution in [1.29, 1.82) is 0 Å². The van der Waals surface area contributed by atoms with Crippen molar-refractivity contribution >= 4 is 16.7 Å². The smallest absolute Gasteiger partial charge is 0.312 e. The predicted molar refractivity (Wildman–Crippen MR) is 77.5 cm³/mol. The summed E-state index contributed by atoms with van der Waals surface area (Å²) >= 11 is 0. The highest BCUT2D eigenvalue weighted by Crippen LogP contribution is 2.36. The normalized spacial score (nSPS) is 12.0. The molecule has 0 aliphatic carbocycles. The Morgan fingerprint density at radius 1 is 1.05 bits per heavy atom. The van der Waals surface area contributed by atoms with Crippen molar-refractivity contribution in [2.75, 3.05) is 21.3 Å². The van der Waals surface area contributed by atoms with Crippen LogP contribution in [0.25, 0.3) is 10.8 Å². The summed E-state index contributed by atoms with van der Waals surface area (Å²) in [5.41, 5.74) is 0.913. The molecule has 0 aromatic heterocycles. The van der Waals surface area contributed by atoms with E-state index in [2.05, 4.69) is 0 Å². The minimum Gasteiger partial charge on any atom is -0.493 e. The Balaban J connectivity index is 2.53. The van der Waals surface area contributed by atoms with Crippen LogP contribution >= 0.6 is 0 Å². The van der Waals surface area contributed by atoms with Crippen LogP contribution in [0.5, 0.6) is 11.5 Å². The average molecular weight is 274 g/mol. The molecule has 0 amide bonds. The van der Waals surface area contributed by atoms with Crippen LogP contribution in [0.15, 0.2) is 30.3 Å². The van der Waals surface area contributed by atoms with Crippen molar-refractivity contribution in [2.24, 2.45) is 0 Å². The molecular weight excluding hydrogens is 256 g/mol. The van der Waals surface area contributed by atoms with Crippen LogP contribution in [-0.4, -0.2) is 27.3 Å². The van der Waals surface area contributed by atoms with Gasteiger partial charge >= 0.3 is 5.97 Å². The number of benzene rings is 2. The average Bonchev–Trinajstić information content (AvgIpc) is 2.51. The molecule has 4 nitrogen and oxygen atoms in total. The Labute approximate surface area is 118 Å². The number of carbonyl (C=O) groups is 1. The number of hydrogen-bond acceptors (Lipinski definition) is 4. The summed E-state index contributed by atoms with van der Waals surface area (Å²) in [6.45, 7) is 1.83. The van der Waals surface area contributed by atoms with Gasteiger partial charge in [-0.3, -0.25) is 4.79 Å². The Kier molecular flexibility index (Phi) is 4.13. The van der Waals surface area contributed by atoms with Crippen LogP contribution in [0.1, 0.15) is 18.4 Å². The van der Waals surface area contributed by atoms with Gasteiger partial charge in [-0.25, -0.2) is 0 Å². The van der Waals surface area contributed by atoms with Crippen molar-refractivity contribution in [1.82, 2.24) is 0 Å². The molecule has 0 saturated heterocycles. The van der Waals surface area contributed by atoms with Gasteiger partial charge in [-0.15, -0.1) is 0 Å². The lowest BCUT2D eigenvalue weighted by Crippen LogP contribution is -2.10. The van der Waals surface area contributed by atoms with E-state index in [0.717, 1.165) is 16.3 Å². The number of carbonyl (C=O) groups excluding carboxylic acids is 1. The second-order valence-electron chi connectivity index (χ2n) is 4.53. The molecule has 1 atom stereocenters. The molecule has 2 aromatic carbocycles. The highest BCUT2D eigenvalue weighted by atomic mass is 16.5. The third kappa shape index (κ3) is 2.41. The van der Waals surface area contributed by atoms with E-state index in [1.165, 1.54) is 7.11 Å². The van der Waals surface area contributed by atoms with Gasteiger partial charge in [0.2, 0.25) is 0 Å². The summed E-state index contributed by atoms with van der Waals surface area (Å²) in [7, 11) is 4.62. The van der Waals surface area contributed by atoms with E-state index < -0.39 is 0 Å². The van der Waals surface area contributed by atoms with Crippen LogP contribution < -0.4 is 9.47 Å². The largest absolute Gasteiger partial charge is 0.493 e. The Morgan fingerprint density at radius 3 is 2.40 bits per heavy atom. The number of ether oxygens (including phenoxy) is 3. The first-order chi connectivity index (χ1) is 9.62. The van der Waals surface area contributed by atoms with Crippen molar-refractivity contribution in [3.8, 4) is 11.5 Å². The summed E-state index contributed by atoms with van der Waals surface area (Å²) < 4.78 is 15.5. The SMILES string of the molecule is COC(=O)C(C)c1ccc2c(OC)c(OC)ccc2c1. The number of hydrogen-bond donors (Lipinski definition) is 0. The van der Waals surface area contributed by atoms with Gasteiger partial charge < -0.3 is 14.2 Å². The summed E-state index contributed by atoms with van der Waals surface area (Å²) in [4.78, 5) is 11.6. The Bertz CT molecular complexity index is 634. The number of rotatable bonds is 4. The number of methoxy groups -OCH3 is 3. The quantitative estimate of drug-likeness (QED) is 0.803. The zero-order valence-electron chi connectivity index (χ0n) is 12.1. The fourth-order valence-corrected chi connectivity index (χ4v) is 2.25. The molecule has 2 rings (SSSR count). The van der Waals surface area contributed by atoms with Gasteiger partial charge in [0.1, 0.15) is 0 Å². The van der Waals surface area contributed by atoms with E-state index in [1.807, 2.05) is 37.3 Å². The third-order valence-corrected chi connectivity index (χ3v) is 3.44. The second kappa shape index (κ2) is 5.82. The maximum Gasteiger partial charge on any atom is 0.312 e. The van der Waals surface area contributed by atoms with E-state index in [-0.39, 0.29) is 11.9 Å². The third-order valence-electron chi connectivity index (χ3n) is 3.44. The molecule has 4 heteroatoms. The molecule has 2 aromatic rings. The lowest BCUT2D eigenvalue weighted by molar-refractivity contribution is -0.141. The highest BCUT2D eigenvalue weighted by molar-refractivity contribution is 5.92. The standard InChI is InChI=1S/C16H18O4/c1-10(16(17)20-4)11-5-7-13-12(9-11)6-8-14(18-2)15(13)19-3/h5-10H,1-4H3. The molecule has 106 valence electrons. The highest BCUT2D eigenvalue weighted by Gasteiger charge is 2.17. The first-order valence-electron chi connectivity index (χ1n) is 6.34. The Hall–Kier alpha value is -2.23. The molecule has 1 unspecified atom stereocenters. The van der Waals surface area contributed by atoms with E-state index >= 15 is 0 Å². The van der Waals surface area contributed by atoms with Crippen LogP contribution in [0.4, 0.5) is 0 Å². The maximum absolute atomic E-state index is 11.6. The van der Waals surface area contributed by atoms with Gasteiger partial charge in [0.15, 0.2) is 11.5 Å². The van der Waals surface area contributed by atoms with Crippen LogP contribution in [0, 0.1) is 0 Å². The molecule has 0 bridgehead atoms. The predicted octanol–water partition coefficient (Wildman–Crippen LogP) is 3.13. The first kappa shape index (κ1) is 14.2. The second-order valence-corrected chi connectivity index (χ2v) is 4.53. The Morgan fingerprint density at radius 2 is 1.80 bits per heavy atom. The molecule has 0 N–H and O–H groups in total. The van der Waals surface area contributed by atoms with Gasteiger partial charge in [-0.1, -0.05) is 24.3 Å². The molecule has 0 saturated carbocycles. The summed E-state index contributed by atoms with van der Waals surface area (Å²) in [6, 6.07) is 9.62. The van der Waals surface area contributed by atoms with Gasteiger partial charge in [0.05, 0.1) is 27.2 Å². The summed E-state index contributed by atoms with van der Waals surface area (Å²) in [6.07, 6.45) is 0. The summed E-state index contributed by atoms with van der Waals surface area (Å²) in [5.74, 6) is 0.846. The maximum atomic E-state index is 11.6. The van der Waals surface area contributed by atoms with Crippen molar-refractivity contribution in [3.05, 3.63) is 35.9 Å². The summed E-state index contributed by atoms with van der Waals surface area (Å²) in [5, 5.41) is 1.95. The first-order valence-corrected chi connectivity index (χ1v) is 6.34. The van der Waals surface area contributed by atoms with Gasteiger partial charge in [0.25, 0.3) is 0 Å². The molecule has 0 radical (unpaired) electrons. The van der Waals surface area contributed by atoms with Crippen molar-refractivity contribution in [2.45, 2.75) is 12.8 Å². The fraction of sp³-hybridized carbons (Fsp3) is 0.312. The minimum absolute atomic E-state index is 0.246. The lowest BCUT2D eigenvalue weighted by Gasteiger charge is -2.13. The number of fused-ring (bicyclic) bond motifs is 1. The van der Waals surface area contributed by atoms with Gasteiger partial charge in [-0.05, 0) is 23.9 Å². The molecule has 0 heterocycles. The monoisotopic (exact) mass is 274 g/mol. The fourth-order valence-electron chi connectivity index (χ4n) is 2.25. The van der Waals surface area contributed by atoms with Gasteiger partial charge in [-0.2, -0.15) is 0 Å². The van der Waals surface area contributed by atoms with E-state index in [4.69, 9.17) is 14.2 Å². The molecular formula is C16H18O4. The van der Waals surface area contributed by atoms with E-state index in [9.17, 15) is 4.79 Å². The molecule has 0 spiro atoms. The molecule has 0 fully saturated rings.